The maximum absolute atomic E-state index is 13.1. The zero-order chi connectivity index (χ0) is 18.8. The number of carbonyl (C=O) groups is 3. The molecule has 9 heteroatoms. The van der Waals surface area contributed by atoms with Crippen molar-refractivity contribution in [1.29, 1.82) is 0 Å². The number of hydrogen-bond donors (Lipinski definition) is 2. The Labute approximate surface area is 152 Å². The Morgan fingerprint density at radius 2 is 2.04 bits per heavy atom. The third-order valence-corrected chi connectivity index (χ3v) is 5.10. The molecule has 2 N–H and O–H groups in total. The minimum absolute atomic E-state index is 0.00465. The van der Waals surface area contributed by atoms with Gasteiger partial charge in [0.1, 0.15) is 6.04 Å². The molecule has 142 valence electrons. The highest BCUT2D eigenvalue weighted by Crippen LogP contribution is 2.27. The van der Waals surface area contributed by atoms with Crippen LogP contribution in [-0.4, -0.2) is 74.8 Å². The number of rotatable bonds is 5. The molecule has 0 saturated carbocycles. The van der Waals surface area contributed by atoms with E-state index in [2.05, 4.69) is 20.5 Å². The van der Waals surface area contributed by atoms with Crippen LogP contribution in [0.5, 0.6) is 0 Å². The highest BCUT2D eigenvalue weighted by atomic mass is 16.2. The quantitative estimate of drug-likeness (QED) is 0.689. The first kappa shape index (κ1) is 18.4. The van der Waals surface area contributed by atoms with Gasteiger partial charge in [-0.3, -0.25) is 19.3 Å². The summed E-state index contributed by atoms with van der Waals surface area (Å²) < 4.78 is 1.93. The van der Waals surface area contributed by atoms with Gasteiger partial charge in [0.05, 0.1) is 12.0 Å². The number of imidazole rings is 1. The van der Waals surface area contributed by atoms with Crippen LogP contribution in [-0.2, 0) is 28.0 Å². The van der Waals surface area contributed by atoms with E-state index < -0.39 is 6.04 Å². The third kappa shape index (κ3) is 3.87. The van der Waals surface area contributed by atoms with Crippen molar-refractivity contribution in [1.82, 2.24) is 30.0 Å². The summed E-state index contributed by atoms with van der Waals surface area (Å²) in [6.07, 6.45) is 4.28. The summed E-state index contributed by atoms with van der Waals surface area (Å²) in [7, 11) is 1.92. The molecule has 2 aliphatic rings. The molecular formula is C17H26N6O3. The molecule has 0 bridgehead atoms. The van der Waals surface area contributed by atoms with Crippen LogP contribution >= 0.6 is 0 Å². The summed E-state index contributed by atoms with van der Waals surface area (Å²) in [4.78, 5) is 43.9. The van der Waals surface area contributed by atoms with Crippen molar-refractivity contribution in [2.24, 2.45) is 7.05 Å². The van der Waals surface area contributed by atoms with Gasteiger partial charge in [-0.15, -0.1) is 0 Å². The van der Waals surface area contributed by atoms with Gasteiger partial charge in [0.15, 0.2) is 0 Å². The van der Waals surface area contributed by atoms with Gasteiger partial charge < -0.3 is 20.1 Å². The fraction of sp³-hybridized carbons (Fsp3) is 0.647. The van der Waals surface area contributed by atoms with Crippen molar-refractivity contribution >= 4 is 17.7 Å². The number of hydrogen-bond acceptors (Lipinski definition) is 5. The first-order valence-corrected chi connectivity index (χ1v) is 8.86. The van der Waals surface area contributed by atoms with Crippen LogP contribution in [0.2, 0.25) is 0 Å². The molecule has 2 fully saturated rings. The number of amides is 3. The number of carbonyl (C=O) groups excluding carboxylic acids is 3. The van der Waals surface area contributed by atoms with Gasteiger partial charge in [-0.2, -0.15) is 0 Å². The zero-order valence-corrected chi connectivity index (χ0v) is 15.4. The van der Waals surface area contributed by atoms with Crippen molar-refractivity contribution in [3.05, 3.63) is 18.2 Å². The molecule has 0 unspecified atom stereocenters. The van der Waals surface area contributed by atoms with Crippen LogP contribution in [0, 0.1) is 0 Å². The molecule has 2 aliphatic heterocycles. The van der Waals surface area contributed by atoms with E-state index in [1.54, 1.807) is 12.5 Å². The van der Waals surface area contributed by atoms with Gasteiger partial charge in [-0.05, 0) is 6.42 Å². The first-order valence-electron chi connectivity index (χ1n) is 8.86. The smallest absolute Gasteiger partial charge is 0.242 e. The molecule has 3 heterocycles. The lowest BCUT2D eigenvalue weighted by molar-refractivity contribution is -0.144. The summed E-state index contributed by atoms with van der Waals surface area (Å²) in [5, 5.41) is 5.69. The van der Waals surface area contributed by atoms with E-state index >= 15 is 0 Å². The van der Waals surface area contributed by atoms with Crippen molar-refractivity contribution < 1.29 is 14.4 Å². The second kappa shape index (κ2) is 7.45. The van der Waals surface area contributed by atoms with Crippen LogP contribution in [0.25, 0.3) is 0 Å². The van der Waals surface area contributed by atoms with E-state index in [0.29, 0.717) is 19.6 Å². The van der Waals surface area contributed by atoms with E-state index in [-0.39, 0.29) is 36.3 Å². The van der Waals surface area contributed by atoms with E-state index in [1.165, 1.54) is 13.8 Å². The lowest BCUT2D eigenvalue weighted by atomic mass is 10.0. The maximum Gasteiger partial charge on any atom is 0.242 e. The number of nitrogens with one attached hydrogen (secondary N) is 2. The van der Waals surface area contributed by atoms with Crippen LogP contribution in [0.4, 0.5) is 0 Å². The Morgan fingerprint density at radius 1 is 1.27 bits per heavy atom. The summed E-state index contributed by atoms with van der Waals surface area (Å²) in [6.45, 7) is 5.04. The molecule has 0 aliphatic carbocycles. The standard InChI is InChI=1S/C17H26N6O3/c1-11(24)19-6-16-17(26)23-7-13(20-12(2)25)4-14(23)8-22(16)9-15-5-18-10-21(15)3/h5,10,13-14,16H,4,6-9H2,1-3H3,(H,19,24)(H,20,25)/t13-,14-,16-/m0/s1. The van der Waals surface area contributed by atoms with Crippen molar-refractivity contribution in [3.8, 4) is 0 Å². The molecule has 9 nitrogen and oxygen atoms in total. The van der Waals surface area contributed by atoms with E-state index in [9.17, 15) is 14.4 Å². The summed E-state index contributed by atoms with van der Waals surface area (Å²) in [6, 6.07) is -0.359. The van der Waals surface area contributed by atoms with E-state index in [4.69, 9.17) is 0 Å². The molecule has 0 radical (unpaired) electrons. The summed E-state index contributed by atoms with van der Waals surface area (Å²) in [5.74, 6) is -0.230. The Hall–Kier alpha value is -2.42. The Kier molecular flexibility index (Phi) is 5.26. The lowest BCUT2D eigenvalue weighted by Gasteiger charge is -2.42. The largest absolute Gasteiger partial charge is 0.354 e. The Balaban J connectivity index is 1.77. The average molecular weight is 362 g/mol. The average Bonchev–Trinajstić information content (AvgIpc) is 3.12. The molecule has 3 amide bonds. The molecule has 3 rings (SSSR count). The minimum Gasteiger partial charge on any atom is -0.354 e. The number of fused-ring (bicyclic) bond motifs is 1. The molecule has 1 aromatic rings. The van der Waals surface area contributed by atoms with Gasteiger partial charge >= 0.3 is 0 Å². The molecule has 0 aromatic carbocycles. The molecule has 2 saturated heterocycles. The van der Waals surface area contributed by atoms with Crippen LogP contribution in [0.1, 0.15) is 26.0 Å². The fourth-order valence-electron chi connectivity index (χ4n) is 3.87. The van der Waals surface area contributed by atoms with Gasteiger partial charge in [0.25, 0.3) is 0 Å². The van der Waals surface area contributed by atoms with Gasteiger partial charge in [-0.25, -0.2) is 4.98 Å². The molecule has 0 spiro atoms. The van der Waals surface area contributed by atoms with Crippen molar-refractivity contribution in [2.75, 3.05) is 19.6 Å². The number of aromatic nitrogens is 2. The predicted molar refractivity (Wildman–Crippen MR) is 93.8 cm³/mol. The van der Waals surface area contributed by atoms with Crippen molar-refractivity contribution in [3.63, 3.8) is 0 Å². The summed E-state index contributed by atoms with van der Waals surface area (Å²) in [5.41, 5.74) is 1.01. The Bertz CT molecular complexity index is 702. The number of nitrogens with zero attached hydrogens (tertiary/aromatic N) is 4. The molecule has 26 heavy (non-hydrogen) atoms. The first-order chi connectivity index (χ1) is 12.3. The highest BCUT2D eigenvalue weighted by molar-refractivity contribution is 5.85. The van der Waals surface area contributed by atoms with Crippen LogP contribution in [0.15, 0.2) is 12.5 Å². The fourth-order valence-corrected chi connectivity index (χ4v) is 3.87. The monoisotopic (exact) mass is 362 g/mol. The van der Waals surface area contributed by atoms with Crippen LogP contribution < -0.4 is 10.6 Å². The van der Waals surface area contributed by atoms with Gasteiger partial charge in [-0.1, -0.05) is 0 Å². The lowest BCUT2D eigenvalue weighted by Crippen LogP contribution is -2.62. The number of aryl methyl sites for hydroxylation is 1. The zero-order valence-electron chi connectivity index (χ0n) is 15.4. The van der Waals surface area contributed by atoms with Crippen molar-refractivity contribution in [2.45, 2.75) is 44.9 Å². The maximum atomic E-state index is 13.1. The van der Waals surface area contributed by atoms with E-state index in [0.717, 1.165) is 12.1 Å². The molecular weight excluding hydrogens is 336 g/mol. The predicted octanol–water partition coefficient (Wildman–Crippen LogP) is -1.15. The van der Waals surface area contributed by atoms with Crippen LogP contribution in [0.3, 0.4) is 0 Å². The molecule has 3 atom stereocenters. The topological polar surface area (TPSA) is 99.6 Å². The Morgan fingerprint density at radius 3 is 2.65 bits per heavy atom. The normalized spacial score (nSPS) is 25.9. The second-order valence-electron chi connectivity index (χ2n) is 7.16. The van der Waals surface area contributed by atoms with Gasteiger partial charge in [0.2, 0.25) is 17.7 Å². The minimum atomic E-state index is -0.416. The number of piperazine rings is 1. The summed E-state index contributed by atoms with van der Waals surface area (Å²) >= 11 is 0. The second-order valence-corrected chi connectivity index (χ2v) is 7.16. The van der Waals surface area contributed by atoms with E-state index in [1.807, 2.05) is 16.5 Å². The highest BCUT2D eigenvalue weighted by Gasteiger charge is 2.45. The third-order valence-electron chi connectivity index (χ3n) is 5.10. The van der Waals surface area contributed by atoms with Gasteiger partial charge in [0, 0.05) is 65.4 Å². The molecule has 1 aromatic heterocycles. The SMILES string of the molecule is CC(=O)NC[C@H]1C(=O)N2C[C@@H](NC(C)=O)C[C@H]2CN1Cc1cncn1C.